The fraction of sp³-hybridized carbons (Fsp3) is 0.688. The first-order valence-corrected chi connectivity index (χ1v) is 7.47. The van der Waals surface area contributed by atoms with Crippen LogP contribution in [0.3, 0.4) is 0 Å². The quantitative estimate of drug-likeness (QED) is 0.634. The molecule has 0 aromatic rings. The Morgan fingerprint density at radius 3 is 2.75 bits per heavy atom. The lowest BCUT2D eigenvalue weighted by molar-refractivity contribution is -0.152. The van der Waals surface area contributed by atoms with Gasteiger partial charge in [0.15, 0.2) is 5.78 Å². The van der Waals surface area contributed by atoms with Crippen molar-refractivity contribution in [2.24, 2.45) is 16.7 Å². The van der Waals surface area contributed by atoms with E-state index < -0.39 is 10.8 Å². The summed E-state index contributed by atoms with van der Waals surface area (Å²) >= 11 is 0. The van der Waals surface area contributed by atoms with Gasteiger partial charge in [-0.25, -0.2) is 0 Å². The third-order valence-electron chi connectivity index (χ3n) is 6.07. The average Bonchev–Trinajstić information content (AvgIpc) is 2.65. The maximum atomic E-state index is 12.7. The second kappa shape index (κ2) is 3.60. The van der Waals surface area contributed by atoms with E-state index in [0.717, 1.165) is 19.3 Å². The Bertz CT molecular complexity index is 575. The molecule has 1 aliphatic heterocycles. The fourth-order valence-corrected chi connectivity index (χ4v) is 5.03. The third kappa shape index (κ3) is 1.17. The number of rotatable bonds is 0. The number of carbonyl (C=O) groups excluding carboxylic acids is 3. The van der Waals surface area contributed by atoms with Crippen molar-refractivity contribution in [2.45, 2.75) is 51.6 Å². The van der Waals surface area contributed by atoms with Gasteiger partial charge in [0, 0.05) is 12.8 Å². The summed E-state index contributed by atoms with van der Waals surface area (Å²) in [7, 11) is 0. The van der Waals surface area contributed by atoms with Gasteiger partial charge in [-0.2, -0.15) is 0 Å². The molecule has 4 atom stereocenters. The Morgan fingerprint density at radius 2 is 2.05 bits per heavy atom. The molecular formula is C16H18O4. The van der Waals surface area contributed by atoms with Crippen molar-refractivity contribution in [3.05, 3.63) is 11.6 Å². The van der Waals surface area contributed by atoms with Gasteiger partial charge in [0.2, 0.25) is 0 Å². The number of Topliss-reactive ketones (excluding diaryl/α,β-unsaturated/α-hetero) is 2. The molecule has 2 spiro atoms. The number of carbonyl (C=O) groups is 3. The largest absolute Gasteiger partial charge is 0.461 e. The molecule has 4 heteroatoms. The number of allylic oxidation sites excluding steroid dienone is 1. The highest BCUT2D eigenvalue weighted by Crippen LogP contribution is 2.65. The zero-order valence-corrected chi connectivity index (χ0v) is 11.6. The van der Waals surface area contributed by atoms with E-state index in [1.807, 2.05) is 0 Å². The van der Waals surface area contributed by atoms with Crippen LogP contribution in [0.1, 0.15) is 45.4 Å². The van der Waals surface area contributed by atoms with Crippen LogP contribution in [0.2, 0.25) is 0 Å². The van der Waals surface area contributed by atoms with Crippen molar-refractivity contribution in [3.63, 3.8) is 0 Å². The van der Waals surface area contributed by atoms with Gasteiger partial charge in [-0.15, -0.1) is 0 Å². The molecule has 1 heterocycles. The topological polar surface area (TPSA) is 60.4 Å². The second-order valence-corrected chi connectivity index (χ2v) is 6.85. The molecule has 0 aromatic heterocycles. The van der Waals surface area contributed by atoms with Gasteiger partial charge in [0.25, 0.3) is 0 Å². The molecule has 3 saturated carbocycles. The Balaban J connectivity index is 1.92. The van der Waals surface area contributed by atoms with Gasteiger partial charge in [-0.3, -0.25) is 14.4 Å². The third-order valence-corrected chi connectivity index (χ3v) is 6.07. The smallest absolute Gasteiger partial charge is 0.317 e. The van der Waals surface area contributed by atoms with Gasteiger partial charge < -0.3 is 4.74 Å². The summed E-state index contributed by atoms with van der Waals surface area (Å²) in [5, 5.41) is 0. The number of fused-ring (bicyclic) bond motifs is 2. The minimum Gasteiger partial charge on any atom is -0.461 e. The highest BCUT2D eigenvalue weighted by Gasteiger charge is 2.73. The molecular weight excluding hydrogens is 256 g/mol. The second-order valence-electron chi connectivity index (χ2n) is 6.85. The maximum Gasteiger partial charge on any atom is 0.317 e. The van der Waals surface area contributed by atoms with E-state index >= 15 is 0 Å². The number of ether oxygens (including phenoxy) is 1. The molecule has 5 aliphatic rings. The van der Waals surface area contributed by atoms with E-state index in [1.54, 1.807) is 13.0 Å². The normalized spacial score (nSPS) is 46.5. The van der Waals surface area contributed by atoms with Crippen molar-refractivity contribution in [2.75, 3.05) is 0 Å². The van der Waals surface area contributed by atoms with Crippen LogP contribution in [0.4, 0.5) is 0 Å². The monoisotopic (exact) mass is 274 g/mol. The van der Waals surface area contributed by atoms with E-state index in [2.05, 4.69) is 0 Å². The van der Waals surface area contributed by atoms with Crippen LogP contribution < -0.4 is 0 Å². The molecule has 4 nitrogen and oxygen atoms in total. The molecule has 106 valence electrons. The molecule has 4 aliphatic carbocycles. The molecule has 0 amide bonds. The summed E-state index contributed by atoms with van der Waals surface area (Å²) in [6.07, 6.45) is 5.44. The lowest BCUT2D eigenvalue weighted by atomic mass is 9.47. The van der Waals surface area contributed by atoms with Crippen LogP contribution in [-0.4, -0.2) is 23.6 Å². The summed E-state index contributed by atoms with van der Waals surface area (Å²) < 4.78 is 5.62. The van der Waals surface area contributed by atoms with Crippen LogP contribution in [-0.2, 0) is 19.1 Å². The first kappa shape index (κ1) is 12.3. The molecule has 1 saturated heterocycles. The van der Waals surface area contributed by atoms with Crippen LogP contribution in [0.25, 0.3) is 0 Å². The lowest BCUT2D eigenvalue weighted by Crippen LogP contribution is -2.58. The Labute approximate surface area is 117 Å². The predicted octanol–water partition coefficient (Wildman–Crippen LogP) is 1.97. The number of ketones is 2. The summed E-state index contributed by atoms with van der Waals surface area (Å²) in [6, 6.07) is 0. The van der Waals surface area contributed by atoms with Crippen molar-refractivity contribution in [1.82, 2.24) is 0 Å². The molecule has 0 radical (unpaired) electrons. The highest BCUT2D eigenvalue weighted by atomic mass is 16.6. The van der Waals surface area contributed by atoms with Crippen LogP contribution in [0.15, 0.2) is 11.6 Å². The highest BCUT2D eigenvalue weighted by molar-refractivity contribution is 6.03. The van der Waals surface area contributed by atoms with Crippen molar-refractivity contribution in [3.8, 4) is 0 Å². The molecule has 0 aromatic carbocycles. The van der Waals surface area contributed by atoms with Gasteiger partial charge in [0.05, 0.1) is 5.41 Å². The first-order chi connectivity index (χ1) is 9.49. The van der Waals surface area contributed by atoms with E-state index in [1.165, 1.54) is 0 Å². The maximum absolute atomic E-state index is 12.7. The standard InChI is InChI=1S/C16H18O4/c1-9-8-15(4-3-11(9)17)14(19)20-13-7-10-2-5-16(13,15)12(18)6-10/h8,10,13H,2-7H2,1H3/t10-,13+,15-,16-/m1/s1. The van der Waals surface area contributed by atoms with E-state index in [-0.39, 0.29) is 23.6 Å². The summed E-state index contributed by atoms with van der Waals surface area (Å²) in [5.41, 5.74) is -0.928. The summed E-state index contributed by atoms with van der Waals surface area (Å²) in [6.45, 7) is 1.75. The molecule has 20 heavy (non-hydrogen) atoms. The lowest BCUT2D eigenvalue weighted by Gasteiger charge is -2.51. The van der Waals surface area contributed by atoms with Crippen molar-refractivity contribution < 1.29 is 19.1 Å². The van der Waals surface area contributed by atoms with Crippen LogP contribution in [0.5, 0.6) is 0 Å². The Kier molecular flexibility index (Phi) is 2.21. The van der Waals surface area contributed by atoms with Crippen LogP contribution >= 0.6 is 0 Å². The average molecular weight is 274 g/mol. The van der Waals surface area contributed by atoms with Crippen molar-refractivity contribution in [1.29, 1.82) is 0 Å². The fourth-order valence-electron chi connectivity index (χ4n) is 5.03. The van der Waals surface area contributed by atoms with E-state index in [0.29, 0.717) is 30.8 Å². The number of esters is 1. The SMILES string of the molecule is CC1=C[C@]2(CCC1=O)C(=O)O[C@H]1C[C@@H]3CC[C@@]12C(=O)C3. The minimum absolute atomic E-state index is 0.0835. The molecule has 0 N–H and O–H groups in total. The van der Waals surface area contributed by atoms with Gasteiger partial charge in [0.1, 0.15) is 17.3 Å². The Morgan fingerprint density at radius 1 is 1.25 bits per heavy atom. The summed E-state index contributed by atoms with van der Waals surface area (Å²) in [4.78, 5) is 37.1. The van der Waals surface area contributed by atoms with Crippen molar-refractivity contribution >= 4 is 17.5 Å². The minimum atomic E-state index is -0.863. The number of hydrogen-bond donors (Lipinski definition) is 0. The molecule has 0 unspecified atom stereocenters. The first-order valence-electron chi connectivity index (χ1n) is 7.47. The van der Waals surface area contributed by atoms with Gasteiger partial charge in [-0.05, 0) is 44.1 Å². The zero-order chi connectivity index (χ0) is 14.1. The molecule has 5 rings (SSSR count). The molecule has 2 bridgehead atoms. The Hall–Kier alpha value is -1.45. The van der Waals surface area contributed by atoms with Gasteiger partial charge >= 0.3 is 5.97 Å². The summed E-state index contributed by atoms with van der Waals surface area (Å²) in [5.74, 6) is 0.382. The van der Waals surface area contributed by atoms with Crippen LogP contribution in [0, 0.1) is 16.7 Å². The van der Waals surface area contributed by atoms with E-state index in [4.69, 9.17) is 4.74 Å². The zero-order valence-electron chi connectivity index (χ0n) is 11.6. The molecule has 4 fully saturated rings. The number of hydrogen-bond acceptors (Lipinski definition) is 4. The van der Waals surface area contributed by atoms with Gasteiger partial charge in [-0.1, -0.05) is 6.08 Å². The predicted molar refractivity (Wildman–Crippen MR) is 69.7 cm³/mol. The van der Waals surface area contributed by atoms with E-state index in [9.17, 15) is 14.4 Å².